The van der Waals surface area contributed by atoms with Gasteiger partial charge < -0.3 is 0 Å². The lowest BCUT2D eigenvalue weighted by Crippen LogP contribution is -1.66. The van der Waals surface area contributed by atoms with Crippen molar-refractivity contribution in [3.63, 3.8) is 0 Å². The number of allylic oxidation sites excluding steroid dienone is 2. The van der Waals surface area contributed by atoms with E-state index in [-0.39, 0.29) is 0 Å². The molecule has 0 fully saturated rings. The molecule has 0 saturated heterocycles. The minimum absolute atomic E-state index is 1.12. The fourth-order valence-corrected chi connectivity index (χ4v) is 2.15. The van der Waals surface area contributed by atoms with Crippen LogP contribution in [0.5, 0.6) is 0 Å². The van der Waals surface area contributed by atoms with Crippen LogP contribution >= 0.6 is 21.6 Å². The van der Waals surface area contributed by atoms with Crippen molar-refractivity contribution in [2.75, 3.05) is 11.5 Å². The summed E-state index contributed by atoms with van der Waals surface area (Å²) in [6, 6.07) is 0. The van der Waals surface area contributed by atoms with E-state index in [1.807, 2.05) is 21.6 Å². The van der Waals surface area contributed by atoms with Gasteiger partial charge >= 0.3 is 0 Å². The van der Waals surface area contributed by atoms with E-state index in [1.54, 1.807) is 0 Å². The first-order chi connectivity index (χ1) is 4.91. The summed E-state index contributed by atoms with van der Waals surface area (Å²) in [5, 5.41) is 0. The topological polar surface area (TPSA) is 0 Å². The molecule has 0 rings (SSSR count). The SMILES string of the molecule is C/C=C\CSSC/C=C\C. The molecule has 0 aromatic carbocycles. The molecule has 0 aliphatic heterocycles. The third-order valence-electron chi connectivity index (χ3n) is 0.883. The van der Waals surface area contributed by atoms with E-state index >= 15 is 0 Å². The fourth-order valence-electron chi connectivity index (χ4n) is 0.367. The molecule has 0 heterocycles. The molecule has 0 nitrogen and oxygen atoms in total. The van der Waals surface area contributed by atoms with Gasteiger partial charge in [-0.25, -0.2) is 0 Å². The number of rotatable bonds is 5. The molecule has 0 spiro atoms. The zero-order chi connectivity index (χ0) is 7.66. The zero-order valence-corrected chi connectivity index (χ0v) is 8.17. The molecule has 0 aromatic rings. The van der Waals surface area contributed by atoms with E-state index < -0.39 is 0 Å². The second kappa shape index (κ2) is 9.18. The van der Waals surface area contributed by atoms with Crippen molar-refractivity contribution < 1.29 is 0 Å². The van der Waals surface area contributed by atoms with Gasteiger partial charge in [0.2, 0.25) is 0 Å². The molecule has 0 radical (unpaired) electrons. The average molecular weight is 174 g/mol. The van der Waals surface area contributed by atoms with Crippen molar-refractivity contribution in [1.82, 2.24) is 0 Å². The highest BCUT2D eigenvalue weighted by molar-refractivity contribution is 8.76. The van der Waals surface area contributed by atoms with E-state index in [4.69, 9.17) is 0 Å². The molecule has 58 valence electrons. The van der Waals surface area contributed by atoms with Crippen molar-refractivity contribution in [2.45, 2.75) is 13.8 Å². The number of hydrogen-bond acceptors (Lipinski definition) is 2. The Kier molecular flexibility index (Phi) is 9.35. The molecular weight excluding hydrogens is 160 g/mol. The van der Waals surface area contributed by atoms with E-state index in [0.29, 0.717) is 0 Å². The summed E-state index contributed by atoms with van der Waals surface area (Å²) >= 11 is 0. The Morgan fingerprint density at radius 3 is 1.60 bits per heavy atom. The molecule has 2 heteroatoms. The van der Waals surface area contributed by atoms with Gasteiger partial charge in [0, 0.05) is 11.5 Å². The van der Waals surface area contributed by atoms with Crippen LogP contribution in [0.3, 0.4) is 0 Å². The maximum atomic E-state index is 2.17. The summed E-state index contributed by atoms with van der Waals surface area (Å²) in [5.41, 5.74) is 0. The summed E-state index contributed by atoms with van der Waals surface area (Å²) in [6.45, 7) is 4.11. The van der Waals surface area contributed by atoms with Gasteiger partial charge in [-0.2, -0.15) is 0 Å². The average Bonchev–Trinajstić information content (AvgIpc) is 1.97. The second-order valence-corrected chi connectivity index (χ2v) is 4.26. The van der Waals surface area contributed by atoms with Crippen molar-refractivity contribution >= 4 is 21.6 Å². The van der Waals surface area contributed by atoms with E-state index in [2.05, 4.69) is 38.2 Å². The largest absolute Gasteiger partial charge is 0.0908 e. The minimum atomic E-state index is 1.12. The van der Waals surface area contributed by atoms with Crippen LogP contribution in [0.4, 0.5) is 0 Å². The van der Waals surface area contributed by atoms with Crippen molar-refractivity contribution in [2.24, 2.45) is 0 Å². The quantitative estimate of drug-likeness (QED) is 0.355. The maximum absolute atomic E-state index is 2.17. The zero-order valence-electron chi connectivity index (χ0n) is 6.54. The highest BCUT2D eigenvalue weighted by atomic mass is 33.1. The summed E-state index contributed by atoms with van der Waals surface area (Å²) in [7, 11) is 3.79. The highest BCUT2D eigenvalue weighted by Gasteiger charge is 1.81. The van der Waals surface area contributed by atoms with Gasteiger partial charge in [0.15, 0.2) is 0 Å². The Labute approximate surface area is 71.6 Å². The van der Waals surface area contributed by atoms with Gasteiger partial charge in [-0.15, -0.1) is 0 Å². The Balaban J connectivity index is 2.90. The van der Waals surface area contributed by atoms with Crippen molar-refractivity contribution in [1.29, 1.82) is 0 Å². The Morgan fingerprint density at radius 2 is 1.30 bits per heavy atom. The van der Waals surface area contributed by atoms with Gasteiger partial charge in [-0.1, -0.05) is 45.9 Å². The lowest BCUT2D eigenvalue weighted by molar-refractivity contribution is 1.66. The van der Waals surface area contributed by atoms with Gasteiger partial charge in [-0.05, 0) is 13.8 Å². The molecule has 0 saturated carbocycles. The van der Waals surface area contributed by atoms with E-state index in [1.165, 1.54) is 0 Å². The predicted molar refractivity (Wildman–Crippen MR) is 54.5 cm³/mol. The molecule has 0 aliphatic carbocycles. The third kappa shape index (κ3) is 8.18. The molecule has 0 N–H and O–H groups in total. The van der Waals surface area contributed by atoms with E-state index in [0.717, 1.165) is 11.5 Å². The van der Waals surface area contributed by atoms with Crippen molar-refractivity contribution in [3.05, 3.63) is 24.3 Å². The van der Waals surface area contributed by atoms with Gasteiger partial charge in [0.05, 0.1) is 0 Å². The summed E-state index contributed by atoms with van der Waals surface area (Å²) in [5.74, 6) is 2.25. The molecule has 10 heavy (non-hydrogen) atoms. The first-order valence-corrected chi connectivity index (χ1v) is 5.87. The normalized spacial score (nSPS) is 11.8. The van der Waals surface area contributed by atoms with Crippen LogP contribution < -0.4 is 0 Å². The second-order valence-electron chi connectivity index (χ2n) is 1.71. The fraction of sp³-hybridized carbons (Fsp3) is 0.500. The molecule has 0 atom stereocenters. The monoisotopic (exact) mass is 174 g/mol. The highest BCUT2D eigenvalue weighted by Crippen LogP contribution is 2.20. The van der Waals surface area contributed by atoms with Gasteiger partial charge in [0.1, 0.15) is 0 Å². The molecule has 0 unspecified atom stereocenters. The van der Waals surface area contributed by atoms with E-state index in [9.17, 15) is 0 Å². The van der Waals surface area contributed by atoms with Crippen LogP contribution in [0.2, 0.25) is 0 Å². The summed E-state index contributed by atoms with van der Waals surface area (Å²) in [6.07, 6.45) is 8.52. The summed E-state index contributed by atoms with van der Waals surface area (Å²) in [4.78, 5) is 0. The maximum Gasteiger partial charge on any atom is 0.0217 e. The minimum Gasteiger partial charge on any atom is -0.0908 e. The lowest BCUT2D eigenvalue weighted by atomic mass is 10.6. The van der Waals surface area contributed by atoms with Crippen LogP contribution in [0, 0.1) is 0 Å². The summed E-state index contributed by atoms with van der Waals surface area (Å²) < 4.78 is 0. The van der Waals surface area contributed by atoms with Crippen LogP contribution in [0.1, 0.15) is 13.8 Å². The van der Waals surface area contributed by atoms with Crippen LogP contribution in [-0.4, -0.2) is 11.5 Å². The lowest BCUT2D eigenvalue weighted by Gasteiger charge is -1.90. The number of hydrogen-bond donors (Lipinski definition) is 0. The van der Waals surface area contributed by atoms with Gasteiger partial charge in [0.25, 0.3) is 0 Å². The van der Waals surface area contributed by atoms with Crippen LogP contribution in [-0.2, 0) is 0 Å². The Morgan fingerprint density at radius 1 is 0.900 bits per heavy atom. The molecular formula is C8H14S2. The smallest absolute Gasteiger partial charge is 0.0217 e. The molecule has 0 aliphatic rings. The molecule has 0 bridgehead atoms. The third-order valence-corrected chi connectivity index (χ3v) is 3.02. The first kappa shape index (κ1) is 10.2. The van der Waals surface area contributed by atoms with Crippen molar-refractivity contribution in [3.8, 4) is 0 Å². The molecule has 0 aromatic heterocycles. The standard InChI is InChI=1S/C8H14S2/c1-3-5-7-9-10-8-6-4-2/h3-6H,7-8H2,1-2H3/b5-3-,6-4-. The first-order valence-electron chi connectivity index (χ1n) is 3.38. The van der Waals surface area contributed by atoms with Crippen LogP contribution in [0.25, 0.3) is 0 Å². The Hall–Kier alpha value is 0.180. The van der Waals surface area contributed by atoms with Crippen LogP contribution in [0.15, 0.2) is 24.3 Å². The predicted octanol–water partition coefficient (Wildman–Crippen LogP) is 3.52. The molecule has 0 amide bonds. The Bertz CT molecular complexity index is 91.8. The van der Waals surface area contributed by atoms with Gasteiger partial charge in [-0.3, -0.25) is 0 Å².